The molecule has 1 aromatic heterocycles. The Kier molecular flexibility index (Phi) is 6.57. The number of benzene rings is 2. The van der Waals surface area contributed by atoms with Crippen LogP contribution < -0.4 is 0 Å². The van der Waals surface area contributed by atoms with Crippen LogP contribution in [0.4, 0.5) is 0 Å². The van der Waals surface area contributed by atoms with Crippen LogP contribution >= 0.6 is 0 Å². The summed E-state index contributed by atoms with van der Waals surface area (Å²) in [7, 11) is 2.28. The molecule has 0 radical (unpaired) electrons. The summed E-state index contributed by atoms with van der Waals surface area (Å²) in [6.45, 7) is 9.87. The number of hydrogen-bond acceptors (Lipinski definition) is 2. The molecule has 0 spiro atoms. The van der Waals surface area contributed by atoms with Gasteiger partial charge in [0.15, 0.2) is 0 Å². The molecule has 0 amide bonds. The van der Waals surface area contributed by atoms with Gasteiger partial charge in [-0.2, -0.15) is 0 Å². The highest BCUT2D eigenvalue weighted by atomic mass is 15.1. The average molecular weight is 413 g/mol. The first-order valence-corrected chi connectivity index (χ1v) is 11.9. The highest BCUT2D eigenvalue weighted by molar-refractivity contribution is 5.69. The summed E-state index contributed by atoms with van der Waals surface area (Å²) in [5.74, 6) is 0. The van der Waals surface area contributed by atoms with Gasteiger partial charge >= 0.3 is 0 Å². The van der Waals surface area contributed by atoms with E-state index < -0.39 is 0 Å². The molecule has 0 saturated carbocycles. The molecule has 162 valence electrons. The van der Waals surface area contributed by atoms with Gasteiger partial charge in [0.1, 0.15) is 0 Å². The van der Waals surface area contributed by atoms with Crippen molar-refractivity contribution in [3.05, 3.63) is 87.6 Å². The Hall–Kier alpha value is -2.45. The molecule has 1 unspecified atom stereocenters. The number of fused-ring (bicyclic) bond motifs is 1. The van der Waals surface area contributed by atoms with E-state index in [2.05, 4.69) is 88.2 Å². The normalized spacial score (nSPS) is 15.9. The van der Waals surface area contributed by atoms with Crippen LogP contribution in [0.5, 0.6) is 0 Å². The van der Waals surface area contributed by atoms with E-state index in [1.54, 1.807) is 0 Å². The molecule has 31 heavy (non-hydrogen) atoms. The van der Waals surface area contributed by atoms with E-state index in [1.807, 2.05) is 0 Å². The van der Waals surface area contributed by atoms with Crippen molar-refractivity contribution in [1.82, 2.24) is 9.88 Å². The van der Waals surface area contributed by atoms with Gasteiger partial charge in [-0.05, 0) is 92.4 Å². The molecule has 0 fully saturated rings. The Labute approximate surface area is 188 Å². The third-order valence-corrected chi connectivity index (χ3v) is 7.09. The van der Waals surface area contributed by atoms with Gasteiger partial charge in [0.05, 0.1) is 5.69 Å². The van der Waals surface area contributed by atoms with Crippen molar-refractivity contribution in [3.63, 3.8) is 0 Å². The minimum absolute atomic E-state index is 0.496. The summed E-state index contributed by atoms with van der Waals surface area (Å²) in [5.41, 5.74) is 12.2. The van der Waals surface area contributed by atoms with Crippen molar-refractivity contribution >= 4 is 0 Å². The predicted octanol–water partition coefficient (Wildman–Crippen LogP) is 7.00. The Bertz CT molecular complexity index is 1020. The van der Waals surface area contributed by atoms with Gasteiger partial charge in [-0.15, -0.1) is 0 Å². The SMILES string of the molecule is CCc1cccc(CC)c1-c1cc(C)c(CN(C)C2CCCc3ccccc32)c(C)n1. The number of hydrogen-bond donors (Lipinski definition) is 0. The van der Waals surface area contributed by atoms with Gasteiger partial charge < -0.3 is 0 Å². The lowest BCUT2D eigenvalue weighted by molar-refractivity contribution is 0.212. The molecule has 0 saturated heterocycles. The minimum Gasteiger partial charge on any atom is -0.295 e. The molecular weight excluding hydrogens is 376 g/mol. The lowest BCUT2D eigenvalue weighted by Crippen LogP contribution is -2.28. The van der Waals surface area contributed by atoms with Crippen molar-refractivity contribution in [2.75, 3.05) is 7.05 Å². The number of nitrogens with zero attached hydrogens (tertiary/aromatic N) is 2. The summed E-state index contributed by atoms with van der Waals surface area (Å²) in [6.07, 6.45) is 5.80. The lowest BCUT2D eigenvalue weighted by atomic mass is 9.86. The first-order chi connectivity index (χ1) is 15.0. The van der Waals surface area contributed by atoms with E-state index in [0.717, 1.165) is 25.1 Å². The number of rotatable bonds is 6. The fraction of sp³-hybridized carbons (Fsp3) is 0.414. The third kappa shape index (κ3) is 4.32. The molecule has 2 heteroatoms. The zero-order chi connectivity index (χ0) is 22.0. The average Bonchev–Trinajstić information content (AvgIpc) is 2.80. The van der Waals surface area contributed by atoms with Crippen LogP contribution in [0.25, 0.3) is 11.3 Å². The Balaban J connectivity index is 1.66. The molecule has 1 aliphatic rings. The number of aryl methyl sites for hydroxylation is 5. The van der Waals surface area contributed by atoms with Crippen LogP contribution in [-0.4, -0.2) is 16.9 Å². The van der Waals surface area contributed by atoms with Crippen LogP contribution in [0, 0.1) is 13.8 Å². The second kappa shape index (κ2) is 9.36. The molecule has 0 bridgehead atoms. The van der Waals surface area contributed by atoms with E-state index in [0.29, 0.717) is 6.04 Å². The molecule has 4 rings (SSSR count). The Morgan fingerprint density at radius 1 is 0.968 bits per heavy atom. The van der Waals surface area contributed by atoms with Gasteiger partial charge in [-0.25, -0.2) is 0 Å². The zero-order valence-electron chi connectivity index (χ0n) is 19.8. The van der Waals surface area contributed by atoms with Gasteiger partial charge in [-0.3, -0.25) is 9.88 Å². The lowest BCUT2D eigenvalue weighted by Gasteiger charge is -2.34. The van der Waals surface area contributed by atoms with Crippen LogP contribution in [0.1, 0.15) is 71.8 Å². The molecule has 1 heterocycles. The van der Waals surface area contributed by atoms with Crippen molar-refractivity contribution in [3.8, 4) is 11.3 Å². The maximum Gasteiger partial charge on any atom is 0.0713 e. The highest BCUT2D eigenvalue weighted by Crippen LogP contribution is 2.35. The summed E-state index contributed by atoms with van der Waals surface area (Å²) >= 11 is 0. The third-order valence-electron chi connectivity index (χ3n) is 7.09. The molecular formula is C29H36N2. The van der Waals surface area contributed by atoms with Crippen molar-refractivity contribution in [1.29, 1.82) is 0 Å². The topological polar surface area (TPSA) is 16.1 Å². The van der Waals surface area contributed by atoms with Crippen molar-refractivity contribution < 1.29 is 0 Å². The fourth-order valence-corrected chi connectivity index (χ4v) is 5.34. The molecule has 2 nitrogen and oxygen atoms in total. The second-order valence-electron chi connectivity index (χ2n) is 9.07. The van der Waals surface area contributed by atoms with Gasteiger partial charge in [0.2, 0.25) is 0 Å². The molecule has 0 N–H and O–H groups in total. The number of aromatic nitrogens is 1. The predicted molar refractivity (Wildman–Crippen MR) is 131 cm³/mol. The number of pyridine rings is 1. The van der Waals surface area contributed by atoms with Gasteiger partial charge in [0.25, 0.3) is 0 Å². The van der Waals surface area contributed by atoms with E-state index in [4.69, 9.17) is 4.98 Å². The van der Waals surface area contributed by atoms with E-state index >= 15 is 0 Å². The van der Waals surface area contributed by atoms with Crippen LogP contribution in [0.15, 0.2) is 48.5 Å². The summed E-state index contributed by atoms with van der Waals surface area (Å²) in [6, 6.07) is 18.5. The van der Waals surface area contributed by atoms with E-state index in [1.165, 1.54) is 63.9 Å². The minimum atomic E-state index is 0.496. The van der Waals surface area contributed by atoms with Crippen LogP contribution in [0.3, 0.4) is 0 Å². The first kappa shape index (κ1) is 21.8. The van der Waals surface area contributed by atoms with Gasteiger partial charge in [0, 0.05) is 23.8 Å². The highest BCUT2D eigenvalue weighted by Gasteiger charge is 2.24. The Morgan fingerprint density at radius 2 is 1.68 bits per heavy atom. The summed E-state index contributed by atoms with van der Waals surface area (Å²) < 4.78 is 0. The maximum atomic E-state index is 5.14. The maximum absolute atomic E-state index is 5.14. The van der Waals surface area contributed by atoms with E-state index in [9.17, 15) is 0 Å². The first-order valence-electron chi connectivity index (χ1n) is 11.9. The second-order valence-corrected chi connectivity index (χ2v) is 9.07. The molecule has 1 aliphatic carbocycles. The van der Waals surface area contributed by atoms with Crippen molar-refractivity contribution in [2.45, 2.75) is 72.4 Å². The summed E-state index contributed by atoms with van der Waals surface area (Å²) in [4.78, 5) is 7.67. The summed E-state index contributed by atoms with van der Waals surface area (Å²) in [5, 5.41) is 0. The smallest absolute Gasteiger partial charge is 0.0713 e. The monoisotopic (exact) mass is 412 g/mol. The van der Waals surface area contributed by atoms with Crippen molar-refractivity contribution in [2.24, 2.45) is 0 Å². The largest absolute Gasteiger partial charge is 0.295 e. The van der Waals surface area contributed by atoms with Crippen LogP contribution in [-0.2, 0) is 25.8 Å². The van der Waals surface area contributed by atoms with Crippen LogP contribution in [0.2, 0.25) is 0 Å². The standard InChI is InChI=1S/C29H36N2/c1-6-22-13-10-14-23(7-2)29(22)27-18-20(3)26(21(4)30-27)19-31(5)28-17-11-15-24-12-8-9-16-25(24)28/h8-10,12-14,16,18,28H,6-7,11,15,17,19H2,1-5H3. The molecule has 2 aromatic carbocycles. The fourth-order valence-electron chi connectivity index (χ4n) is 5.34. The molecule has 0 aliphatic heterocycles. The molecule has 1 atom stereocenters. The van der Waals surface area contributed by atoms with Gasteiger partial charge in [-0.1, -0.05) is 56.3 Å². The Morgan fingerprint density at radius 3 is 2.35 bits per heavy atom. The molecule has 3 aromatic rings. The van der Waals surface area contributed by atoms with E-state index in [-0.39, 0.29) is 0 Å². The quantitative estimate of drug-likeness (QED) is 0.433. The zero-order valence-corrected chi connectivity index (χ0v) is 19.8.